The van der Waals surface area contributed by atoms with Crippen LogP contribution in [0, 0.1) is 0 Å². The lowest BCUT2D eigenvalue weighted by Crippen LogP contribution is -2.20. The van der Waals surface area contributed by atoms with Crippen LogP contribution in [0.5, 0.6) is 5.75 Å². The minimum absolute atomic E-state index is 0.100. The maximum Gasteiger partial charge on any atom is 0.454 e. The summed E-state index contributed by atoms with van der Waals surface area (Å²) in [4.78, 5) is 10.6. The van der Waals surface area contributed by atoms with Gasteiger partial charge in [0.05, 0.1) is 7.11 Å². The van der Waals surface area contributed by atoms with Gasteiger partial charge in [-0.1, -0.05) is 0 Å². The quantitative estimate of drug-likeness (QED) is 0.658. The fourth-order valence-corrected chi connectivity index (χ4v) is 1.05. The van der Waals surface area contributed by atoms with E-state index in [0.717, 1.165) is 0 Å². The number of carbonyl (C=O) groups is 1. The molecule has 0 aliphatic heterocycles. The second-order valence-electron chi connectivity index (χ2n) is 3.12. The number of methoxy groups -OCH3 is 1. The van der Waals surface area contributed by atoms with E-state index in [4.69, 9.17) is 4.74 Å². The zero-order valence-corrected chi connectivity index (χ0v) is 8.78. The zero-order chi connectivity index (χ0) is 13.1. The molecule has 3 nitrogen and oxygen atoms in total. The summed E-state index contributed by atoms with van der Waals surface area (Å²) in [6.07, 6.45) is -4.84. The molecule has 17 heavy (non-hydrogen) atoms. The van der Waals surface area contributed by atoms with E-state index in [2.05, 4.69) is 0 Å². The zero-order valence-electron chi connectivity index (χ0n) is 8.78. The van der Waals surface area contributed by atoms with Gasteiger partial charge in [0.25, 0.3) is 5.78 Å². The molecule has 0 atom stereocenters. The Labute approximate surface area is 95.1 Å². The first-order valence-electron chi connectivity index (χ1n) is 4.51. The molecule has 0 saturated carbocycles. The fourth-order valence-electron chi connectivity index (χ4n) is 1.05. The van der Waals surface area contributed by atoms with Crippen molar-refractivity contribution in [2.45, 2.75) is 6.18 Å². The summed E-state index contributed by atoms with van der Waals surface area (Å²) in [5, 5.41) is 9.32. The van der Waals surface area contributed by atoms with Crippen molar-refractivity contribution in [1.82, 2.24) is 0 Å². The highest BCUT2D eigenvalue weighted by molar-refractivity contribution is 5.99. The Balaban J connectivity index is 2.92. The van der Waals surface area contributed by atoms with Crippen molar-refractivity contribution < 1.29 is 27.8 Å². The van der Waals surface area contributed by atoms with Crippen LogP contribution in [0.3, 0.4) is 0 Å². The third-order valence-corrected chi connectivity index (χ3v) is 1.93. The molecule has 0 fully saturated rings. The molecule has 0 aliphatic rings. The summed E-state index contributed by atoms with van der Waals surface area (Å²) in [5.41, 5.74) is 0.100. The van der Waals surface area contributed by atoms with Crippen molar-refractivity contribution in [2.75, 3.05) is 7.11 Å². The Kier molecular flexibility index (Phi) is 3.77. The summed E-state index contributed by atoms with van der Waals surface area (Å²) < 4.78 is 40.6. The first kappa shape index (κ1) is 13.1. The predicted molar refractivity (Wildman–Crippen MR) is 54.7 cm³/mol. The SMILES string of the molecule is COc1ccc(/C(O)=C\C(=O)C(F)(F)F)cc1. The van der Waals surface area contributed by atoms with E-state index >= 15 is 0 Å². The van der Waals surface area contributed by atoms with E-state index in [1.54, 1.807) is 0 Å². The molecule has 0 unspecified atom stereocenters. The molecule has 0 amide bonds. The molecule has 0 radical (unpaired) electrons. The van der Waals surface area contributed by atoms with Crippen molar-refractivity contribution in [1.29, 1.82) is 0 Å². The van der Waals surface area contributed by atoms with Crippen LogP contribution in [0.2, 0.25) is 0 Å². The van der Waals surface area contributed by atoms with Crippen LogP contribution in [0.25, 0.3) is 5.76 Å². The third kappa shape index (κ3) is 3.51. The van der Waals surface area contributed by atoms with Crippen LogP contribution in [-0.2, 0) is 4.79 Å². The molecule has 0 saturated heterocycles. The topological polar surface area (TPSA) is 46.5 Å². The number of aliphatic hydroxyl groups is 1. The van der Waals surface area contributed by atoms with Gasteiger partial charge in [-0.2, -0.15) is 13.2 Å². The highest BCUT2D eigenvalue weighted by Gasteiger charge is 2.36. The maximum absolute atomic E-state index is 11.9. The molecule has 0 aromatic heterocycles. The maximum atomic E-state index is 11.9. The second kappa shape index (κ2) is 4.90. The molecular formula is C11H9F3O3. The Morgan fingerprint density at radius 3 is 2.24 bits per heavy atom. The van der Waals surface area contributed by atoms with Crippen LogP contribution in [0.15, 0.2) is 30.3 Å². The number of alkyl halides is 3. The van der Waals surface area contributed by atoms with Gasteiger partial charge in [0.1, 0.15) is 11.5 Å². The van der Waals surface area contributed by atoms with Crippen LogP contribution in [0.4, 0.5) is 13.2 Å². The van der Waals surface area contributed by atoms with Crippen molar-refractivity contribution >= 4 is 11.5 Å². The highest BCUT2D eigenvalue weighted by Crippen LogP contribution is 2.21. The van der Waals surface area contributed by atoms with Crippen LogP contribution in [0.1, 0.15) is 5.56 Å². The highest BCUT2D eigenvalue weighted by atomic mass is 19.4. The van der Waals surface area contributed by atoms with E-state index in [-0.39, 0.29) is 11.6 Å². The van der Waals surface area contributed by atoms with E-state index in [0.29, 0.717) is 5.75 Å². The molecule has 0 bridgehead atoms. The van der Waals surface area contributed by atoms with E-state index in [1.807, 2.05) is 0 Å². The number of hydrogen-bond donors (Lipinski definition) is 1. The molecule has 6 heteroatoms. The van der Waals surface area contributed by atoms with E-state index < -0.39 is 17.7 Å². The molecule has 92 valence electrons. The number of ketones is 1. The smallest absolute Gasteiger partial charge is 0.454 e. The minimum atomic E-state index is -4.99. The van der Waals surface area contributed by atoms with Gasteiger partial charge in [-0.05, 0) is 24.3 Å². The van der Waals surface area contributed by atoms with Gasteiger partial charge >= 0.3 is 6.18 Å². The van der Waals surface area contributed by atoms with Crippen LogP contribution < -0.4 is 4.74 Å². The number of aliphatic hydroxyl groups excluding tert-OH is 1. The van der Waals surface area contributed by atoms with Crippen molar-refractivity contribution in [3.63, 3.8) is 0 Å². The molecule has 1 aromatic rings. The number of carbonyl (C=O) groups excluding carboxylic acids is 1. The lowest BCUT2D eigenvalue weighted by molar-refractivity contribution is -0.165. The number of rotatable bonds is 3. The van der Waals surface area contributed by atoms with Gasteiger partial charge in [-0.15, -0.1) is 0 Å². The monoisotopic (exact) mass is 246 g/mol. The molecule has 1 aromatic carbocycles. The van der Waals surface area contributed by atoms with E-state index in [1.165, 1.54) is 31.4 Å². The van der Waals surface area contributed by atoms with E-state index in [9.17, 15) is 23.1 Å². The predicted octanol–water partition coefficient (Wildman–Crippen LogP) is 2.73. The lowest BCUT2D eigenvalue weighted by Gasteiger charge is -2.04. The number of allylic oxidation sites excluding steroid dienone is 1. The molecular weight excluding hydrogens is 237 g/mol. The minimum Gasteiger partial charge on any atom is -0.507 e. The number of hydrogen-bond acceptors (Lipinski definition) is 3. The van der Waals surface area contributed by atoms with Gasteiger partial charge in [0, 0.05) is 11.6 Å². The third-order valence-electron chi connectivity index (χ3n) is 1.93. The first-order chi connectivity index (χ1) is 7.84. The summed E-state index contributed by atoms with van der Waals surface area (Å²) in [6, 6.07) is 5.59. The Morgan fingerprint density at radius 2 is 1.82 bits per heavy atom. The standard InChI is InChI=1S/C11H9F3O3/c1-17-8-4-2-7(3-5-8)9(15)6-10(16)11(12,13)14/h2-6,15H,1H3/b9-6+. The molecule has 0 spiro atoms. The Bertz CT molecular complexity index is 432. The Morgan fingerprint density at radius 1 is 1.29 bits per heavy atom. The second-order valence-corrected chi connectivity index (χ2v) is 3.12. The molecule has 0 heterocycles. The Hall–Kier alpha value is -1.98. The van der Waals surface area contributed by atoms with Crippen molar-refractivity contribution in [2.24, 2.45) is 0 Å². The van der Waals surface area contributed by atoms with Gasteiger partial charge in [-0.25, -0.2) is 0 Å². The van der Waals surface area contributed by atoms with Gasteiger partial charge in [0.2, 0.25) is 0 Å². The summed E-state index contributed by atoms with van der Waals surface area (Å²) in [6.45, 7) is 0. The van der Waals surface area contributed by atoms with Gasteiger partial charge in [-0.3, -0.25) is 4.79 Å². The summed E-state index contributed by atoms with van der Waals surface area (Å²) in [7, 11) is 1.43. The summed E-state index contributed by atoms with van der Waals surface area (Å²) in [5.74, 6) is -2.36. The normalized spacial score (nSPS) is 12.4. The van der Waals surface area contributed by atoms with Crippen LogP contribution >= 0.6 is 0 Å². The molecule has 1 N–H and O–H groups in total. The lowest BCUT2D eigenvalue weighted by atomic mass is 10.1. The fraction of sp³-hybridized carbons (Fsp3) is 0.182. The largest absolute Gasteiger partial charge is 0.507 e. The van der Waals surface area contributed by atoms with Gasteiger partial charge < -0.3 is 9.84 Å². The average Bonchev–Trinajstić information content (AvgIpc) is 2.27. The number of benzene rings is 1. The average molecular weight is 246 g/mol. The molecule has 0 aliphatic carbocycles. The molecule has 1 rings (SSSR count). The van der Waals surface area contributed by atoms with Crippen molar-refractivity contribution in [3.8, 4) is 5.75 Å². The first-order valence-corrected chi connectivity index (χ1v) is 4.51. The number of halogens is 3. The number of ether oxygens (including phenoxy) is 1. The van der Waals surface area contributed by atoms with Crippen molar-refractivity contribution in [3.05, 3.63) is 35.9 Å². The van der Waals surface area contributed by atoms with Crippen LogP contribution in [-0.4, -0.2) is 24.2 Å². The summed E-state index contributed by atoms with van der Waals surface area (Å²) >= 11 is 0. The van der Waals surface area contributed by atoms with Gasteiger partial charge in [0.15, 0.2) is 0 Å².